The van der Waals surface area contributed by atoms with Crippen molar-refractivity contribution in [3.05, 3.63) is 93.5 Å². The summed E-state index contributed by atoms with van der Waals surface area (Å²) in [5, 5.41) is 30.5. The lowest BCUT2D eigenvalue weighted by Gasteiger charge is -2.25. The van der Waals surface area contributed by atoms with E-state index < -0.39 is 4.92 Å². The predicted octanol–water partition coefficient (Wildman–Crippen LogP) is 4.82. The molecule has 0 aromatic heterocycles. The molecule has 0 radical (unpaired) electrons. The minimum absolute atomic E-state index is 0.0300. The fourth-order valence-electron chi connectivity index (χ4n) is 2.70. The highest BCUT2D eigenvalue weighted by atomic mass is 32.2. The third kappa shape index (κ3) is 4.62. The van der Waals surface area contributed by atoms with Gasteiger partial charge in [0.05, 0.1) is 18.1 Å². The average Bonchev–Trinajstić information content (AvgIpc) is 2.70. The van der Waals surface area contributed by atoms with Gasteiger partial charge in [-0.3, -0.25) is 10.1 Å². The van der Waals surface area contributed by atoms with E-state index in [9.17, 15) is 20.3 Å². The zero-order chi connectivity index (χ0) is 20.1. The second-order valence-electron chi connectivity index (χ2n) is 6.29. The van der Waals surface area contributed by atoms with E-state index in [4.69, 9.17) is 0 Å². The van der Waals surface area contributed by atoms with Crippen LogP contribution < -0.4 is 4.31 Å². The van der Waals surface area contributed by atoms with Crippen LogP contribution in [-0.2, 0) is 13.2 Å². The van der Waals surface area contributed by atoms with Crippen molar-refractivity contribution in [3.8, 4) is 5.75 Å². The highest BCUT2D eigenvalue weighted by molar-refractivity contribution is 8.00. The first-order valence-corrected chi connectivity index (χ1v) is 9.42. The lowest BCUT2D eigenvalue weighted by atomic mass is 10.1. The van der Waals surface area contributed by atoms with Gasteiger partial charge < -0.3 is 14.5 Å². The van der Waals surface area contributed by atoms with E-state index in [-0.39, 0.29) is 18.0 Å². The number of benzene rings is 3. The zero-order valence-corrected chi connectivity index (χ0v) is 16.1. The van der Waals surface area contributed by atoms with Crippen molar-refractivity contribution in [3.63, 3.8) is 0 Å². The molecule has 3 aromatic rings. The van der Waals surface area contributed by atoms with Gasteiger partial charge in [0.2, 0.25) is 0 Å². The van der Waals surface area contributed by atoms with Gasteiger partial charge in [-0.1, -0.05) is 36.4 Å². The number of hydrogen-bond donors (Lipinski definition) is 2. The van der Waals surface area contributed by atoms with Gasteiger partial charge >= 0.3 is 0 Å². The van der Waals surface area contributed by atoms with E-state index in [0.717, 1.165) is 21.7 Å². The highest BCUT2D eigenvalue weighted by Gasteiger charge is 2.16. The molecule has 0 saturated heterocycles. The first kappa shape index (κ1) is 19.7. The first-order valence-electron chi connectivity index (χ1n) is 8.65. The van der Waals surface area contributed by atoms with Crippen molar-refractivity contribution in [1.29, 1.82) is 0 Å². The van der Waals surface area contributed by atoms with Crippen LogP contribution in [0.4, 0.5) is 11.4 Å². The van der Waals surface area contributed by atoms with E-state index >= 15 is 0 Å². The van der Waals surface area contributed by atoms with Crippen LogP contribution in [0.1, 0.15) is 16.7 Å². The standard InChI is InChI=1S/C21H20N2O4S/c1-15-7-8-19(23(26)27)12-21(15)28-22(13-16-5-3-2-4-6-16)18-9-10-20(25)17(11-18)14-24/h2-12,24-25H,13-14H2,1H3. The van der Waals surface area contributed by atoms with Crippen LogP contribution >= 0.6 is 11.9 Å². The van der Waals surface area contributed by atoms with Gasteiger partial charge in [-0.15, -0.1) is 0 Å². The normalized spacial score (nSPS) is 10.6. The molecule has 0 unspecified atom stereocenters. The Bertz CT molecular complexity index is 979. The van der Waals surface area contributed by atoms with E-state index in [0.29, 0.717) is 12.1 Å². The first-order chi connectivity index (χ1) is 13.5. The summed E-state index contributed by atoms with van der Waals surface area (Å²) in [7, 11) is 0. The number of nitro groups is 1. The molecule has 6 nitrogen and oxygen atoms in total. The van der Waals surface area contributed by atoms with Crippen LogP contribution in [0.2, 0.25) is 0 Å². The second-order valence-corrected chi connectivity index (χ2v) is 7.35. The molecule has 7 heteroatoms. The Balaban J connectivity index is 1.99. The van der Waals surface area contributed by atoms with Crippen LogP contribution in [0, 0.1) is 17.0 Å². The summed E-state index contributed by atoms with van der Waals surface area (Å²) in [4.78, 5) is 11.5. The lowest BCUT2D eigenvalue weighted by molar-refractivity contribution is -0.385. The van der Waals surface area contributed by atoms with Gasteiger partial charge in [0, 0.05) is 28.3 Å². The number of non-ortho nitro benzene ring substituents is 1. The lowest BCUT2D eigenvalue weighted by Crippen LogP contribution is -2.14. The van der Waals surface area contributed by atoms with Crippen molar-refractivity contribution < 1.29 is 15.1 Å². The largest absolute Gasteiger partial charge is 0.508 e. The molecule has 28 heavy (non-hydrogen) atoms. The maximum Gasteiger partial charge on any atom is 0.270 e. The van der Waals surface area contributed by atoms with Crippen LogP contribution in [0.25, 0.3) is 0 Å². The van der Waals surface area contributed by atoms with E-state index in [1.54, 1.807) is 30.3 Å². The summed E-state index contributed by atoms with van der Waals surface area (Å²) in [5.74, 6) is 0.0300. The van der Waals surface area contributed by atoms with Gasteiger partial charge in [0.25, 0.3) is 5.69 Å². The number of nitrogens with zero attached hydrogens (tertiary/aromatic N) is 2. The number of aliphatic hydroxyl groups excluding tert-OH is 1. The maximum atomic E-state index is 11.2. The molecular formula is C21H20N2O4S. The maximum absolute atomic E-state index is 11.2. The fraction of sp³-hybridized carbons (Fsp3) is 0.143. The summed E-state index contributed by atoms with van der Waals surface area (Å²) < 4.78 is 1.99. The molecule has 144 valence electrons. The quantitative estimate of drug-likeness (QED) is 0.338. The number of aromatic hydroxyl groups is 1. The molecule has 3 rings (SSSR count). The topological polar surface area (TPSA) is 86.8 Å². The average molecular weight is 396 g/mol. The number of hydrogen-bond acceptors (Lipinski definition) is 6. The summed E-state index contributed by atoms with van der Waals surface area (Å²) in [5.41, 5.74) is 3.23. The number of nitro benzene ring substituents is 1. The van der Waals surface area contributed by atoms with Gasteiger partial charge in [-0.05, 0) is 48.2 Å². The van der Waals surface area contributed by atoms with Crippen molar-refractivity contribution in [2.45, 2.75) is 25.0 Å². The molecule has 0 saturated carbocycles. The Kier molecular flexibility index (Phi) is 6.18. The molecule has 2 N–H and O–H groups in total. The van der Waals surface area contributed by atoms with Gasteiger partial charge in [0.15, 0.2) is 0 Å². The molecule has 0 spiro atoms. The Labute approximate surface area is 167 Å². The molecule has 0 aliphatic carbocycles. The van der Waals surface area contributed by atoms with Gasteiger partial charge in [0.1, 0.15) is 5.75 Å². The van der Waals surface area contributed by atoms with Crippen LogP contribution in [-0.4, -0.2) is 15.1 Å². The second kappa shape index (κ2) is 8.77. The molecule has 0 heterocycles. The third-order valence-electron chi connectivity index (χ3n) is 4.28. The van der Waals surface area contributed by atoms with Gasteiger partial charge in [-0.25, -0.2) is 0 Å². The van der Waals surface area contributed by atoms with Crippen LogP contribution in [0.5, 0.6) is 5.75 Å². The molecule has 0 fully saturated rings. The minimum atomic E-state index is -0.407. The Morgan fingerprint density at radius 1 is 1.07 bits per heavy atom. The van der Waals surface area contributed by atoms with E-state index in [1.165, 1.54) is 18.0 Å². The smallest absolute Gasteiger partial charge is 0.270 e. The molecule has 0 amide bonds. The molecule has 0 bridgehead atoms. The number of rotatable bonds is 7. The molecular weight excluding hydrogens is 376 g/mol. The molecule has 0 aliphatic heterocycles. The number of aliphatic hydroxyl groups is 1. The van der Waals surface area contributed by atoms with Gasteiger partial charge in [-0.2, -0.15) is 0 Å². The van der Waals surface area contributed by atoms with Crippen molar-refractivity contribution in [1.82, 2.24) is 0 Å². The highest BCUT2D eigenvalue weighted by Crippen LogP contribution is 2.36. The predicted molar refractivity (Wildman–Crippen MR) is 110 cm³/mol. The third-order valence-corrected chi connectivity index (χ3v) is 5.48. The Morgan fingerprint density at radius 3 is 2.50 bits per heavy atom. The number of aryl methyl sites for hydroxylation is 1. The van der Waals surface area contributed by atoms with Crippen LogP contribution in [0.3, 0.4) is 0 Å². The monoisotopic (exact) mass is 396 g/mol. The van der Waals surface area contributed by atoms with E-state index in [2.05, 4.69) is 0 Å². The summed E-state index contributed by atoms with van der Waals surface area (Å²) in [6, 6.07) is 19.7. The summed E-state index contributed by atoms with van der Waals surface area (Å²) >= 11 is 1.39. The molecule has 0 atom stereocenters. The number of anilines is 1. The molecule has 3 aromatic carbocycles. The molecule has 0 aliphatic rings. The summed E-state index contributed by atoms with van der Waals surface area (Å²) in [6.45, 7) is 2.17. The van der Waals surface area contributed by atoms with Crippen molar-refractivity contribution in [2.24, 2.45) is 0 Å². The van der Waals surface area contributed by atoms with Crippen molar-refractivity contribution in [2.75, 3.05) is 4.31 Å². The zero-order valence-electron chi connectivity index (χ0n) is 15.3. The Hall–Kier alpha value is -3.03. The van der Waals surface area contributed by atoms with Crippen LogP contribution in [0.15, 0.2) is 71.6 Å². The minimum Gasteiger partial charge on any atom is -0.508 e. The Morgan fingerprint density at radius 2 is 1.82 bits per heavy atom. The number of phenols is 1. The SMILES string of the molecule is Cc1ccc([N+](=O)[O-])cc1SN(Cc1ccccc1)c1ccc(O)c(CO)c1. The van der Waals surface area contributed by atoms with Crippen molar-refractivity contribution >= 4 is 23.3 Å². The fourth-order valence-corrected chi connectivity index (χ4v) is 3.75. The summed E-state index contributed by atoms with van der Waals surface area (Å²) in [6.07, 6.45) is 0. The van der Waals surface area contributed by atoms with E-state index in [1.807, 2.05) is 41.6 Å².